The van der Waals surface area contributed by atoms with Crippen molar-refractivity contribution in [1.29, 1.82) is 0 Å². The van der Waals surface area contributed by atoms with Crippen LogP contribution in [0.5, 0.6) is 0 Å². The van der Waals surface area contributed by atoms with Crippen LogP contribution in [0.3, 0.4) is 0 Å². The normalized spacial score (nSPS) is 16.7. The minimum Gasteiger partial charge on any atom is -0.338 e. The van der Waals surface area contributed by atoms with E-state index in [1.165, 1.54) is 37.3 Å². The fraction of sp³-hybridized carbons (Fsp3) is 0.688. The minimum atomic E-state index is 0.190. The van der Waals surface area contributed by atoms with Crippen LogP contribution >= 0.6 is 27.3 Å². The van der Waals surface area contributed by atoms with Gasteiger partial charge in [0.1, 0.15) is 4.88 Å². The zero-order valence-corrected chi connectivity index (χ0v) is 15.4. The average molecular weight is 373 g/mol. The molecular weight excluding hydrogens is 348 g/mol. The van der Waals surface area contributed by atoms with Gasteiger partial charge in [-0.2, -0.15) is 0 Å². The van der Waals surface area contributed by atoms with Crippen LogP contribution in [0, 0.1) is 5.92 Å². The van der Waals surface area contributed by atoms with Crippen LogP contribution in [-0.2, 0) is 0 Å². The first-order valence-corrected chi connectivity index (χ1v) is 9.50. The number of hydrogen-bond acceptors (Lipinski definition) is 3. The maximum Gasteiger partial charge on any atom is 0.265 e. The molecule has 0 radical (unpaired) electrons. The first-order valence-electron chi connectivity index (χ1n) is 7.82. The molecule has 3 nitrogen and oxygen atoms in total. The summed E-state index contributed by atoms with van der Waals surface area (Å²) in [6.45, 7) is 6.40. The number of nitrogens with zero attached hydrogens (tertiary/aromatic N) is 2. The lowest BCUT2D eigenvalue weighted by atomic mass is 9.96. The van der Waals surface area contributed by atoms with Gasteiger partial charge in [0.25, 0.3) is 5.91 Å². The highest BCUT2D eigenvalue weighted by Gasteiger charge is 2.25. The highest BCUT2D eigenvalue weighted by Crippen LogP contribution is 2.26. The molecule has 1 aliphatic heterocycles. The molecule has 0 atom stereocenters. The van der Waals surface area contributed by atoms with E-state index in [1.807, 2.05) is 16.3 Å². The summed E-state index contributed by atoms with van der Waals surface area (Å²) in [5.41, 5.74) is 0. The maximum absolute atomic E-state index is 12.4. The zero-order chi connectivity index (χ0) is 15.2. The monoisotopic (exact) mass is 372 g/mol. The molecule has 1 aromatic heterocycles. The molecule has 1 saturated heterocycles. The minimum absolute atomic E-state index is 0.190. The molecule has 0 aromatic carbocycles. The summed E-state index contributed by atoms with van der Waals surface area (Å²) < 4.78 is 0.930. The molecule has 0 bridgehead atoms. The van der Waals surface area contributed by atoms with Crippen LogP contribution in [-0.4, -0.2) is 48.9 Å². The lowest BCUT2D eigenvalue weighted by Crippen LogP contribution is -2.41. The van der Waals surface area contributed by atoms with Gasteiger partial charge in [-0.25, -0.2) is 0 Å². The highest BCUT2D eigenvalue weighted by atomic mass is 79.9. The molecular formula is C16H25BrN2OS. The summed E-state index contributed by atoms with van der Waals surface area (Å²) in [5, 5.41) is 1.97. The molecule has 1 fully saturated rings. The third-order valence-corrected chi connectivity index (χ3v) is 6.00. The quantitative estimate of drug-likeness (QED) is 0.750. The summed E-state index contributed by atoms with van der Waals surface area (Å²) in [5.74, 6) is 0.928. The molecule has 1 amide bonds. The van der Waals surface area contributed by atoms with E-state index < -0.39 is 0 Å². The third-order valence-electron chi connectivity index (χ3n) is 4.18. The zero-order valence-electron chi connectivity index (χ0n) is 13.0. The van der Waals surface area contributed by atoms with Crippen molar-refractivity contribution in [2.45, 2.75) is 32.6 Å². The lowest BCUT2D eigenvalue weighted by Gasteiger charge is -2.33. The van der Waals surface area contributed by atoms with E-state index in [-0.39, 0.29) is 5.91 Å². The molecule has 2 rings (SSSR count). The van der Waals surface area contributed by atoms with E-state index >= 15 is 0 Å². The Morgan fingerprint density at radius 1 is 1.48 bits per heavy atom. The van der Waals surface area contributed by atoms with Gasteiger partial charge in [0, 0.05) is 24.1 Å². The summed E-state index contributed by atoms with van der Waals surface area (Å²) in [6.07, 6.45) is 4.80. The Balaban J connectivity index is 1.78. The summed E-state index contributed by atoms with van der Waals surface area (Å²) in [6, 6.07) is 1.95. The van der Waals surface area contributed by atoms with Crippen molar-refractivity contribution >= 4 is 33.2 Å². The number of thiophene rings is 1. The number of hydrogen-bond donors (Lipinski definition) is 0. The van der Waals surface area contributed by atoms with Crippen molar-refractivity contribution < 1.29 is 4.79 Å². The molecule has 2 heterocycles. The predicted molar refractivity (Wildman–Crippen MR) is 93.1 cm³/mol. The Morgan fingerprint density at radius 2 is 2.19 bits per heavy atom. The number of likely N-dealkylation sites (tertiary alicyclic amines) is 1. The number of unbranched alkanes of at least 4 members (excludes halogenated alkanes) is 1. The van der Waals surface area contributed by atoms with E-state index in [0.717, 1.165) is 41.2 Å². The molecule has 0 unspecified atom stereocenters. The number of carbonyl (C=O) groups excluding carboxylic acids is 1. The Hall–Kier alpha value is -0.390. The van der Waals surface area contributed by atoms with Gasteiger partial charge < -0.3 is 9.80 Å². The molecule has 0 aliphatic carbocycles. The van der Waals surface area contributed by atoms with Gasteiger partial charge in [0.05, 0.1) is 0 Å². The largest absolute Gasteiger partial charge is 0.338 e. The Bertz CT molecular complexity index is 455. The Kier molecular flexibility index (Phi) is 6.71. The molecule has 1 aromatic rings. The molecule has 1 aliphatic rings. The van der Waals surface area contributed by atoms with Gasteiger partial charge in [0.15, 0.2) is 0 Å². The summed E-state index contributed by atoms with van der Waals surface area (Å²) in [7, 11) is 2.22. The van der Waals surface area contributed by atoms with Gasteiger partial charge in [-0.3, -0.25) is 4.79 Å². The molecule has 5 heteroatoms. The summed E-state index contributed by atoms with van der Waals surface area (Å²) in [4.78, 5) is 17.7. The first kappa shape index (κ1) is 17.0. The number of amides is 1. The van der Waals surface area contributed by atoms with Gasteiger partial charge in [-0.1, -0.05) is 13.3 Å². The smallest absolute Gasteiger partial charge is 0.265 e. The molecule has 21 heavy (non-hydrogen) atoms. The second-order valence-electron chi connectivity index (χ2n) is 5.95. The van der Waals surface area contributed by atoms with E-state index in [9.17, 15) is 4.79 Å². The standard InChI is InChI=1S/C16H25BrN2OS/c1-3-4-8-18(2)12-13-5-9-19(10-6-13)16(20)15-14(17)7-11-21-15/h7,11,13H,3-6,8-10,12H2,1-2H3. The first-order chi connectivity index (χ1) is 10.1. The van der Waals surface area contributed by atoms with Gasteiger partial charge >= 0.3 is 0 Å². The Morgan fingerprint density at radius 3 is 2.76 bits per heavy atom. The molecule has 0 spiro atoms. The van der Waals surface area contributed by atoms with Crippen molar-refractivity contribution in [3.8, 4) is 0 Å². The number of carbonyl (C=O) groups is 1. The van der Waals surface area contributed by atoms with Crippen molar-refractivity contribution in [3.05, 3.63) is 20.8 Å². The van der Waals surface area contributed by atoms with Crippen molar-refractivity contribution in [3.63, 3.8) is 0 Å². The number of rotatable bonds is 6. The predicted octanol–water partition coefficient (Wildman–Crippen LogP) is 4.09. The van der Waals surface area contributed by atoms with E-state index in [0.29, 0.717) is 0 Å². The van der Waals surface area contributed by atoms with Crippen molar-refractivity contribution in [2.24, 2.45) is 5.92 Å². The topological polar surface area (TPSA) is 23.6 Å². The maximum atomic E-state index is 12.4. The van der Waals surface area contributed by atoms with Gasteiger partial charge in [-0.05, 0) is 66.1 Å². The third kappa shape index (κ3) is 4.80. The van der Waals surface area contributed by atoms with Crippen molar-refractivity contribution in [1.82, 2.24) is 9.80 Å². The average Bonchev–Trinajstić information content (AvgIpc) is 2.91. The van der Waals surface area contributed by atoms with Crippen molar-refractivity contribution in [2.75, 3.05) is 33.2 Å². The fourth-order valence-electron chi connectivity index (χ4n) is 2.87. The van der Waals surface area contributed by atoms with Crippen LogP contribution in [0.15, 0.2) is 15.9 Å². The highest BCUT2D eigenvalue weighted by molar-refractivity contribution is 9.10. The molecule has 0 N–H and O–H groups in total. The van der Waals surface area contributed by atoms with Gasteiger partial charge in [-0.15, -0.1) is 11.3 Å². The van der Waals surface area contributed by atoms with E-state index in [1.54, 1.807) is 0 Å². The van der Waals surface area contributed by atoms with Gasteiger partial charge in [0.2, 0.25) is 0 Å². The van der Waals surface area contributed by atoms with E-state index in [2.05, 4.69) is 34.8 Å². The SMILES string of the molecule is CCCCN(C)CC1CCN(C(=O)c2sccc2Br)CC1. The van der Waals surface area contributed by atoms with Crippen LogP contribution in [0.2, 0.25) is 0 Å². The second-order valence-corrected chi connectivity index (χ2v) is 7.72. The fourth-order valence-corrected chi connectivity index (χ4v) is 4.38. The van der Waals surface area contributed by atoms with E-state index in [4.69, 9.17) is 0 Å². The second kappa shape index (κ2) is 8.30. The van der Waals surface area contributed by atoms with Crippen LogP contribution in [0.25, 0.3) is 0 Å². The number of halogens is 1. The Labute approximate surface area is 140 Å². The van der Waals surface area contributed by atoms with Crippen LogP contribution in [0.4, 0.5) is 0 Å². The van der Waals surface area contributed by atoms with Crippen LogP contribution in [0.1, 0.15) is 42.3 Å². The molecule has 0 saturated carbocycles. The molecule has 118 valence electrons. The summed E-state index contributed by atoms with van der Waals surface area (Å²) >= 11 is 4.98. The lowest BCUT2D eigenvalue weighted by molar-refractivity contribution is 0.0677. The van der Waals surface area contributed by atoms with Crippen LogP contribution < -0.4 is 0 Å². The number of piperidine rings is 1.